The van der Waals surface area contributed by atoms with Crippen molar-refractivity contribution in [3.8, 4) is 0 Å². The number of carboxylic acid groups (broad SMARTS) is 1. The van der Waals surface area contributed by atoms with Crippen LogP contribution in [0.25, 0.3) is 0 Å². The molecule has 0 atom stereocenters. The molecular weight excluding hydrogens is 216 g/mol. The molecule has 4 heteroatoms. The molecule has 0 unspecified atom stereocenters. The molecule has 17 heavy (non-hydrogen) atoms. The minimum Gasteiger partial charge on any atom is -0.465 e. The Morgan fingerprint density at radius 2 is 1.82 bits per heavy atom. The molecule has 1 aromatic carbocycles. The van der Waals surface area contributed by atoms with Gasteiger partial charge < -0.3 is 14.9 Å². The average molecular weight is 234 g/mol. The van der Waals surface area contributed by atoms with Gasteiger partial charge >= 0.3 is 6.09 Å². The monoisotopic (exact) mass is 234 g/mol. The molecule has 0 radical (unpaired) electrons. The van der Waals surface area contributed by atoms with Crippen LogP contribution in [-0.4, -0.2) is 42.3 Å². The van der Waals surface area contributed by atoms with Gasteiger partial charge in [0.2, 0.25) is 0 Å². The van der Waals surface area contributed by atoms with Gasteiger partial charge in [-0.1, -0.05) is 17.7 Å². The first kappa shape index (κ1) is 11.8. The lowest BCUT2D eigenvalue weighted by atomic mass is 10.2. The molecule has 1 fully saturated rings. The van der Waals surface area contributed by atoms with E-state index in [2.05, 4.69) is 36.1 Å². The second kappa shape index (κ2) is 5.08. The topological polar surface area (TPSA) is 43.8 Å². The van der Waals surface area contributed by atoms with Gasteiger partial charge in [0.15, 0.2) is 0 Å². The van der Waals surface area contributed by atoms with Crippen LogP contribution in [0.3, 0.4) is 0 Å². The van der Waals surface area contributed by atoms with Gasteiger partial charge in [-0.25, -0.2) is 4.79 Å². The van der Waals surface area contributed by atoms with Crippen LogP contribution in [0.15, 0.2) is 24.3 Å². The third-order valence-electron chi connectivity index (χ3n) is 3.17. The van der Waals surface area contributed by atoms with Crippen molar-refractivity contribution in [3.63, 3.8) is 0 Å². The molecule has 4 nitrogen and oxygen atoms in total. The molecule has 1 aromatic rings. The lowest BCUT2D eigenvalue weighted by Crippen LogP contribution is -2.34. The molecule has 1 saturated heterocycles. The number of hydrogen-bond acceptors (Lipinski definition) is 2. The van der Waals surface area contributed by atoms with Crippen molar-refractivity contribution in [3.05, 3.63) is 29.8 Å². The summed E-state index contributed by atoms with van der Waals surface area (Å²) in [7, 11) is 0. The first-order chi connectivity index (χ1) is 8.16. The number of rotatable bonds is 1. The molecule has 0 bridgehead atoms. The van der Waals surface area contributed by atoms with E-state index >= 15 is 0 Å². The van der Waals surface area contributed by atoms with Crippen molar-refractivity contribution in [2.75, 3.05) is 31.1 Å². The lowest BCUT2D eigenvalue weighted by Gasteiger charge is -2.23. The second-order valence-corrected chi connectivity index (χ2v) is 4.45. The first-order valence-electron chi connectivity index (χ1n) is 5.96. The predicted molar refractivity (Wildman–Crippen MR) is 67.6 cm³/mol. The number of amides is 1. The summed E-state index contributed by atoms with van der Waals surface area (Å²) in [4.78, 5) is 14.6. The van der Waals surface area contributed by atoms with Crippen molar-refractivity contribution in [2.24, 2.45) is 0 Å². The van der Waals surface area contributed by atoms with Gasteiger partial charge in [-0.2, -0.15) is 0 Å². The Morgan fingerprint density at radius 1 is 1.12 bits per heavy atom. The van der Waals surface area contributed by atoms with Crippen LogP contribution in [0.4, 0.5) is 10.5 Å². The fourth-order valence-corrected chi connectivity index (χ4v) is 2.12. The third-order valence-corrected chi connectivity index (χ3v) is 3.17. The SMILES string of the molecule is Cc1ccc(N2CCCN(C(=O)O)CC2)cc1. The zero-order valence-electron chi connectivity index (χ0n) is 10.1. The summed E-state index contributed by atoms with van der Waals surface area (Å²) in [5.41, 5.74) is 2.43. The molecule has 0 aromatic heterocycles. The van der Waals surface area contributed by atoms with E-state index in [4.69, 9.17) is 5.11 Å². The van der Waals surface area contributed by atoms with Gasteiger partial charge in [0.1, 0.15) is 0 Å². The summed E-state index contributed by atoms with van der Waals surface area (Å²) >= 11 is 0. The maximum absolute atomic E-state index is 10.9. The van der Waals surface area contributed by atoms with Crippen LogP contribution in [0.5, 0.6) is 0 Å². The molecule has 1 aliphatic rings. The highest BCUT2D eigenvalue weighted by Gasteiger charge is 2.18. The van der Waals surface area contributed by atoms with E-state index < -0.39 is 6.09 Å². The van der Waals surface area contributed by atoms with Crippen LogP contribution in [-0.2, 0) is 0 Å². The smallest absolute Gasteiger partial charge is 0.407 e. The van der Waals surface area contributed by atoms with Gasteiger partial charge in [0, 0.05) is 31.9 Å². The largest absolute Gasteiger partial charge is 0.465 e. The number of hydrogen-bond donors (Lipinski definition) is 1. The van der Waals surface area contributed by atoms with Crippen molar-refractivity contribution >= 4 is 11.8 Å². The molecule has 1 heterocycles. The van der Waals surface area contributed by atoms with E-state index in [1.165, 1.54) is 16.2 Å². The summed E-state index contributed by atoms with van der Waals surface area (Å²) in [6.45, 7) is 4.99. The summed E-state index contributed by atoms with van der Waals surface area (Å²) in [6, 6.07) is 8.39. The number of nitrogens with zero attached hydrogens (tertiary/aromatic N) is 2. The molecule has 0 aliphatic carbocycles. The number of aryl methyl sites for hydroxylation is 1. The number of carbonyl (C=O) groups is 1. The molecule has 0 saturated carbocycles. The molecule has 2 rings (SSSR count). The van der Waals surface area contributed by atoms with E-state index in [9.17, 15) is 4.79 Å². The van der Waals surface area contributed by atoms with Crippen LogP contribution in [0.1, 0.15) is 12.0 Å². The predicted octanol–water partition coefficient (Wildman–Crippen LogP) is 2.19. The molecule has 1 aliphatic heterocycles. The van der Waals surface area contributed by atoms with Crippen LogP contribution < -0.4 is 4.90 Å². The normalized spacial score (nSPS) is 16.8. The summed E-state index contributed by atoms with van der Waals surface area (Å²) < 4.78 is 0. The highest BCUT2D eigenvalue weighted by atomic mass is 16.4. The van der Waals surface area contributed by atoms with E-state index in [1.807, 2.05) is 0 Å². The van der Waals surface area contributed by atoms with Gasteiger partial charge in [-0.15, -0.1) is 0 Å². The lowest BCUT2D eigenvalue weighted by molar-refractivity contribution is 0.148. The summed E-state index contributed by atoms with van der Waals surface area (Å²) in [6.07, 6.45) is 0.0796. The Bertz CT molecular complexity index is 389. The number of benzene rings is 1. The molecule has 0 spiro atoms. The Kier molecular flexibility index (Phi) is 3.52. The molecule has 92 valence electrons. The van der Waals surface area contributed by atoms with Crippen molar-refractivity contribution in [2.45, 2.75) is 13.3 Å². The van der Waals surface area contributed by atoms with E-state index in [0.717, 1.165) is 19.5 Å². The zero-order valence-corrected chi connectivity index (χ0v) is 10.1. The maximum atomic E-state index is 10.9. The van der Waals surface area contributed by atoms with Crippen LogP contribution in [0.2, 0.25) is 0 Å². The standard InChI is InChI=1S/C13H18N2O2/c1-11-3-5-12(6-4-11)14-7-2-8-15(10-9-14)13(16)17/h3-6H,2,7-10H2,1H3,(H,16,17). The van der Waals surface area contributed by atoms with Gasteiger partial charge in [0.05, 0.1) is 0 Å². The Labute approximate surface area is 101 Å². The van der Waals surface area contributed by atoms with Crippen molar-refractivity contribution < 1.29 is 9.90 Å². The van der Waals surface area contributed by atoms with Crippen LogP contribution in [0, 0.1) is 6.92 Å². The summed E-state index contributed by atoms with van der Waals surface area (Å²) in [5, 5.41) is 8.96. The second-order valence-electron chi connectivity index (χ2n) is 4.45. The van der Waals surface area contributed by atoms with E-state index in [1.54, 1.807) is 0 Å². The third kappa shape index (κ3) is 2.90. The van der Waals surface area contributed by atoms with Crippen molar-refractivity contribution in [1.29, 1.82) is 0 Å². The zero-order chi connectivity index (χ0) is 12.3. The summed E-state index contributed by atoms with van der Waals surface area (Å²) in [5.74, 6) is 0. The first-order valence-corrected chi connectivity index (χ1v) is 5.96. The maximum Gasteiger partial charge on any atom is 0.407 e. The number of anilines is 1. The fourth-order valence-electron chi connectivity index (χ4n) is 2.12. The highest BCUT2D eigenvalue weighted by Crippen LogP contribution is 2.17. The fraction of sp³-hybridized carbons (Fsp3) is 0.462. The Morgan fingerprint density at radius 3 is 2.47 bits per heavy atom. The average Bonchev–Trinajstić information content (AvgIpc) is 2.55. The van der Waals surface area contributed by atoms with Gasteiger partial charge in [-0.05, 0) is 25.5 Å². The molecule has 1 amide bonds. The highest BCUT2D eigenvalue weighted by molar-refractivity contribution is 5.65. The Hall–Kier alpha value is -1.71. The van der Waals surface area contributed by atoms with E-state index in [-0.39, 0.29) is 0 Å². The van der Waals surface area contributed by atoms with Crippen LogP contribution >= 0.6 is 0 Å². The van der Waals surface area contributed by atoms with E-state index in [0.29, 0.717) is 13.1 Å². The quantitative estimate of drug-likeness (QED) is 0.810. The molecule has 1 N–H and O–H groups in total. The van der Waals surface area contributed by atoms with Gasteiger partial charge in [0.25, 0.3) is 0 Å². The van der Waals surface area contributed by atoms with Crippen molar-refractivity contribution in [1.82, 2.24) is 4.90 Å². The minimum atomic E-state index is -0.809. The minimum absolute atomic E-state index is 0.587. The molecular formula is C13H18N2O2. The van der Waals surface area contributed by atoms with Gasteiger partial charge in [-0.3, -0.25) is 0 Å². The Balaban J connectivity index is 2.03.